The molecule has 1 heterocycles. The molecule has 0 bridgehead atoms. The predicted octanol–water partition coefficient (Wildman–Crippen LogP) is 24.1. The zero-order chi connectivity index (χ0) is 57.1. The third kappa shape index (κ3) is 9.26. The number of nitrogens with zero attached hydrogens (tertiary/aromatic N) is 2. The molecule has 1 aromatic heterocycles. The van der Waals surface area contributed by atoms with Crippen molar-refractivity contribution in [3.05, 3.63) is 302 Å². The Balaban J connectivity index is 0.885. The van der Waals surface area contributed by atoms with Gasteiger partial charge in [0.1, 0.15) is 11.2 Å². The topological polar surface area (TPSA) is 19.6 Å². The molecule has 3 nitrogen and oxygen atoms in total. The number of benzene rings is 14. The molecule has 0 amide bonds. The number of rotatable bonds is 12. The van der Waals surface area contributed by atoms with Gasteiger partial charge in [0.15, 0.2) is 0 Å². The lowest BCUT2D eigenvalue weighted by atomic mass is 9.92. The van der Waals surface area contributed by atoms with Crippen LogP contribution in [0.1, 0.15) is 50.7 Å². The molecule has 0 radical (unpaired) electrons. The zero-order valence-electron chi connectivity index (χ0n) is 48.2. The van der Waals surface area contributed by atoms with E-state index in [9.17, 15) is 0 Å². The molecule has 85 heavy (non-hydrogen) atoms. The summed E-state index contributed by atoms with van der Waals surface area (Å²) in [6.07, 6.45) is 0. The fourth-order valence-electron chi connectivity index (χ4n) is 13.2. The maximum absolute atomic E-state index is 7.04. The predicted molar refractivity (Wildman–Crippen MR) is 363 cm³/mol. The summed E-state index contributed by atoms with van der Waals surface area (Å²) in [5, 5.41) is 11.6. The van der Waals surface area contributed by atoms with Crippen molar-refractivity contribution in [2.45, 2.75) is 39.5 Å². The number of hydrogen-bond acceptors (Lipinski definition) is 3. The summed E-state index contributed by atoms with van der Waals surface area (Å²) >= 11 is 0. The van der Waals surface area contributed by atoms with Crippen molar-refractivity contribution in [1.29, 1.82) is 0 Å². The van der Waals surface area contributed by atoms with E-state index >= 15 is 0 Å². The first-order valence-electron chi connectivity index (χ1n) is 29.8. The quantitative estimate of drug-likeness (QED) is 0.122. The van der Waals surface area contributed by atoms with Gasteiger partial charge in [-0.15, -0.1) is 0 Å². The van der Waals surface area contributed by atoms with Crippen LogP contribution >= 0.6 is 0 Å². The lowest BCUT2D eigenvalue weighted by Crippen LogP contribution is -2.14. The molecule has 0 spiro atoms. The number of fused-ring (bicyclic) bond motifs is 7. The molecule has 3 heteroatoms. The van der Waals surface area contributed by atoms with Crippen molar-refractivity contribution in [2.24, 2.45) is 0 Å². The highest BCUT2D eigenvalue weighted by molar-refractivity contribution is 6.14. The van der Waals surface area contributed by atoms with Gasteiger partial charge in [0.25, 0.3) is 0 Å². The Kier molecular flexibility index (Phi) is 12.9. The third-order valence-corrected chi connectivity index (χ3v) is 17.3. The number of para-hydroxylation sites is 2. The minimum Gasteiger partial charge on any atom is -0.456 e. The van der Waals surface area contributed by atoms with Crippen LogP contribution < -0.4 is 9.80 Å². The Bertz CT molecular complexity index is 4710. The van der Waals surface area contributed by atoms with Crippen LogP contribution in [0.15, 0.2) is 296 Å². The molecular weight excluding hydrogens is 1030 g/mol. The van der Waals surface area contributed by atoms with Gasteiger partial charge in [-0.05, 0) is 172 Å². The lowest BCUT2D eigenvalue weighted by Gasteiger charge is -2.32. The molecule has 0 fully saturated rings. The molecule has 0 aliphatic heterocycles. The first-order chi connectivity index (χ1) is 41.8. The molecular formula is C82H62N2O. The first kappa shape index (κ1) is 51.4. The van der Waals surface area contributed by atoms with Crippen LogP contribution in [-0.4, -0.2) is 0 Å². The van der Waals surface area contributed by atoms with Gasteiger partial charge in [-0.2, -0.15) is 0 Å². The van der Waals surface area contributed by atoms with Crippen LogP contribution in [0.5, 0.6) is 0 Å². The van der Waals surface area contributed by atoms with Crippen LogP contribution in [0.25, 0.3) is 110 Å². The summed E-state index contributed by atoms with van der Waals surface area (Å²) in [6.45, 7) is 9.21. The Morgan fingerprint density at radius 2 is 0.612 bits per heavy atom. The highest BCUT2D eigenvalue weighted by Gasteiger charge is 2.26. The van der Waals surface area contributed by atoms with Gasteiger partial charge in [-0.25, -0.2) is 0 Å². The van der Waals surface area contributed by atoms with E-state index in [1.165, 1.54) is 88.6 Å². The summed E-state index contributed by atoms with van der Waals surface area (Å²) in [4.78, 5) is 4.98. The Labute approximate surface area is 496 Å². The van der Waals surface area contributed by atoms with Gasteiger partial charge in [0.05, 0.1) is 11.4 Å². The second-order valence-corrected chi connectivity index (χ2v) is 23.2. The second kappa shape index (κ2) is 21.4. The largest absolute Gasteiger partial charge is 0.456 e. The van der Waals surface area contributed by atoms with Crippen LogP contribution in [0, 0.1) is 0 Å². The van der Waals surface area contributed by atoms with Crippen LogP contribution in [0.4, 0.5) is 34.1 Å². The van der Waals surface area contributed by atoms with Crippen molar-refractivity contribution in [1.82, 2.24) is 0 Å². The smallest absolute Gasteiger partial charge is 0.136 e. The Morgan fingerprint density at radius 3 is 1.06 bits per heavy atom. The van der Waals surface area contributed by atoms with Gasteiger partial charge in [-0.1, -0.05) is 246 Å². The summed E-state index contributed by atoms with van der Waals surface area (Å²) < 4.78 is 7.04. The molecule has 0 saturated carbocycles. The summed E-state index contributed by atoms with van der Waals surface area (Å²) in [7, 11) is 0. The van der Waals surface area contributed by atoms with Crippen LogP contribution in [-0.2, 0) is 0 Å². The molecule has 406 valence electrons. The maximum atomic E-state index is 7.04. The van der Waals surface area contributed by atoms with E-state index in [4.69, 9.17) is 4.42 Å². The Morgan fingerprint density at radius 1 is 0.247 bits per heavy atom. The highest BCUT2D eigenvalue weighted by Crippen LogP contribution is 2.50. The molecule has 14 aromatic carbocycles. The van der Waals surface area contributed by atoms with Gasteiger partial charge in [0, 0.05) is 44.6 Å². The monoisotopic (exact) mass is 1090 g/mol. The summed E-state index contributed by atoms with van der Waals surface area (Å²) in [6, 6.07) is 107. The van der Waals surface area contributed by atoms with Crippen molar-refractivity contribution in [2.75, 3.05) is 9.80 Å². The minimum atomic E-state index is 0.252. The number of furan rings is 1. The van der Waals surface area contributed by atoms with E-state index in [0.717, 1.165) is 66.2 Å². The summed E-state index contributed by atoms with van der Waals surface area (Å²) in [5.74, 6) is 0.504. The average molecular weight is 1090 g/mol. The van der Waals surface area contributed by atoms with Crippen molar-refractivity contribution >= 4 is 99.2 Å². The van der Waals surface area contributed by atoms with Gasteiger partial charge in [-0.3, -0.25) is 0 Å². The molecule has 0 aliphatic carbocycles. The van der Waals surface area contributed by atoms with Gasteiger partial charge in [0.2, 0.25) is 0 Å². The normalized spacial score (nSPS) is 11.7. The SMILES string of the molecule is CC(C)c1cccc(-c2ccccc2)c1N(c1cccc(-c2cccc3ccccc23)c1)c1ccc2cc3c(cc2c1)oc1cc2cc(N(c4cccc(-c5cccc6ccccc56)c4)c4c(-c5ccccc5)cccc4C(C)C)ccc2cc13. The minimum absolute atomic E-state index is 0.252. The van der Waals surface area contributed by atoms with E-state index in [2.05, 4.69) is 329 Å². The standard InChI is InChI=1S/C82H62N2O/c1-53(2)69-35-19-39-75(57-21-7-5-8-22-57)81(69)83(65-31-15-29-61(45-65)73-37-17-27-55-25-11-13-33-71(55)73)67-43-41-59-49-77-78-50-60-42-44-68(48-64(60)52-80(78)85-79(77)51-63(59)47-67)84(82-70(54(3)4)36-20-40-76(82)58-23-9-6-10-24-58)66-32-16-30-62(46-66)74-38-18-28-56-26-12-14-34-72(56)74/h5-54H,1-4H3. The molecule has 0 N–H and O–H groups in total. The average Bonchev–Trinajstić information content (AvgIpc) is 3.92. The van der Waals surface area contributed by atoms with E-state index in [0.29, 0.717) is 0 Å². The fraction of sp³-hybridized carbons (Fsp3) is 0.0732. The summed E-state index contributed by atoms with van der Waals surface area (Å²) in [5.41, 5.74) is 20.4. The van der Waals surface area contributed by atoms with Gasteiger partial charge < -0.3 is 14.2 Å². The maximum Gasteiger partial charge on any atom is 0.136 e. The third-order valence-electron chi connectivity index (χ3n) is 17.3. The van der Waals surface area contributed by atoms with Crippen molar-refractivity contribution in [3.8, 4) is 44.5 Å². The van der Waals surface area contributed by atoms with E-state index in [1.54, 1.807) is 0 Å². The molecule has 0 unspecified atom stereocenters. The lowest BCUT2D eigenvalue weighted by molar-refractivity contribution is 0.670. The second-order valence-electron chi connectivity index (χ2n) is 23.2. The van der Waals surface area contributed by atoms with Crippen LogP contribution in [0.3, 0.4) is 0 Å². The van der Waals surface area contributed by atoms with E-state index in [-0.39, 0.29) is 11.8 Å². The van der Waals surface area contributed by atoms with Crippen LogP contribution in [0.2, 0.25) is 0 Å². The Hall–Kier alpha value is -10.5. The molecule has 0 aliphatic rings. The molecule has 0 atom stereocenters. The zero-order valence-corrected chi connectivity index (χ0v) is 48.2. The van der Waals surface area contributed by atoms with E-state index in [1.807, 2.05) is 0 Å². The fourth-order valence-corrected chi connectivity index (χ4v) is 13.2. The van der Waals surface area contributed by atoms with Crippen molar-refractivity contribution in [3.63, 3.8) is 0 Å². The highest BCUT2D eigenvalue weighted by atomic mass is 16.3. The first-order valence-corrected chi connectivity index (χ1v) is 29.8. The molecule has 0 saturated heterocycles. The van der Waals surface area contributed by atoms with Crippen molar-refractivity contribution < 1.29 is 4.42 Å². The number of hydrogen-bond donors (Lipinski definition) is 0. The number of anilines is 6. The van der Waals surface area contributed by atoms with Gasteiger partial charge >= 0.3 is 0 Å². The molecule has 15 aromatic rings. The van der Waals surface area contributed by atoms with E-state index < -0.39 is 0 Å². The molecule has 15 rings (SSSR count).